The summed E-state index contributed by atoms with van der Waals surface area (Å²) in [4.78, 5) is 24.1. The second-order valence-corrected chi connectivity index (χ2v) is 6.19. The van der Waals surface area contributed by atoms with Gasteiger partial charge in [0.15, 0.2) is 0 Å². The number of esters is 1. The van der Waals surface area contributed by atoms with Crippen molar-refractivity contribution in [3.63, 3.8) is 0 Å². The van der Waals surface area contributed by atoms with Gasteiger partial charge < -0.3 is 14.2 Å². The minimum atomic E-state index is -1.08. The van der Waals surface area contributed by atoms with E-state index in [1.807, 2.05) is 32.9 Å². The average Bonchev–Trinajstić information content (AvgIpc) is 2.54. The summed E-state index contributed by atoms with van der Waals surface area (Å²) in [7, 11) is 1.43. The Bertz CT molecular complexity index is 743. The van der Waals surface area contributed by atoms with Crippen LogP contribution in [0.5, 0.6) is 11.5 Å². The molecule has 2 aromatic rings. The molecular formula is C19H20O5. The predicted molar refractivity (Wildman–Crippen MR) is 89.6 cm³/mol. The van der Waals surface area contributed by atoms with Gasteiger partial charge in [0, 0.05) is 5.56 Å². The van der Waals surface area contributed by atoms with Gasteiger partial charge in [-0.05, 0) is 23.6 Å². The van der Waals surface area contributed by atoms with Crippen LogP contribution in [-0.4, -0.2) is 19.2 Å². The van der Waals surface area contributed by atoms with E-state index in [1.54, 1.807) is 30.3 Å². The summed E-state index contributed by atoms with van der Waals surface area (Å²) in [6, 6.07) is 13.6. The van der Waals surface area contributed by atoms with Gasteiger partial charge in [0.2, 0.25) is 0 Å². The van der Waals surface area contributed by atoms with Crippen molar-refractivity contribution >= 4 is 12.1 Å². The molecule has 0 spiro atoms. The Balaban J connectivity index is 2.13. The van der Waals surface area contributed by atoms with Gasteiger partial charge in [-0.25, -0.2) is 9.59 Å². The molecule has 0 saturated carbocycles. The summed E-state index contributed by atoms with van der Waals surface area (Å²) >= 11 is 0. The smallest absolute Gasteiger partial charge is 0.496 e. The van der Waals surface area contributed by atoms with E-state index >= 15 is 0 Å². The van der Waals surface area contributed by atoms with Crippen molar-refractivity contribution < 1.29 is 23.8 Å². The summed E-state index contributed by atoms with van der Waals surface area (Å²) in [5.41, 5.74) is 0.775. The van der Waals surface area contributed by atoms with Crippen LogP contribution in [0, 0.1) is 0 Å². The molecule has 126 valence electrons. The molecule has 0 atom stereocenters. The van der Waals surface area contributed by atoms with E-state index in [-0.39, 0.29) is 11.0 Å². The number of ether oxygens (including phenoxy) is 3. The van der Waals surface area contributed by atoms with E-state index in [2.05, 4.69) is 0 Å². The SMILES string of the molecule is COc1ccccc1C(=O)OC(=O)Oc1ccccc1C(C)(C)C. The molecule has 0 aromatic heterocycles. The molecule has 0 N–H and O–H groups in total. The fourth-order valence-corrected chi connectivity index (χ4v) is 2.23. The van der Waals surface area contributed by atoms with Crippen LogP contribution in [0.4, 0.5) is 4.79 Å². The van der Waals surface area contributed by atoms with Crippen LogP contribution in [0.1, 0.15) is 36.7 Å². The fraction of sp³-hybridized carbons (Fsp3) is 0.263. The molecular weight excluding hydrogens is 308 g/mol. The largest absolute Gasteiger partial charge is 0.521 e. The van der Waals surface area contributed by atoms with Crippen LogP contribution in [0.15, 0.2) is 48.5 Å². The van der Waals surface area contributed by atoms with Crippen molar-refractivity contribution in [1.82, 2.24) is 0 Å². The number of hydrogen-bond donors (Lipinski definition) is 0. The minimum absolute atomic E-state index is 0.154. The summed E-state index contributed by atoms with van der Waals surface area (Å²) < 4.78 is 15.1. The molecule has 0 heterocycles. The Morgan fingerprint density at radius 2 is 1.46 bits per heavy atom. The molecule has 5 heteroatoms. The van der Waals surface area contributed by atoms with Crippen LogP contribution in [0.2, 0.25) is 0 Å². The van der Waals surface area contributed by atoms with Gasteiger partial charge in [-0.3, -0.25) is 0 Å². The average molecular weight is 328 g/mol. The lowest BCUT2D eigenvalue weighted by Gasteiger charge is -2.21. The van der Waals surface area contributed by atoms with Gasteiger partial charge >= 0.3 is 12.1 Å². The Hall–Kier alpha value is -2.82. The highest BCUT2D eigenvalue weighted by Crippen LogP contribution is 2.31. The third-order valence-corrected chi connectivity index (χ3v) is 3.39. The van der Waals surface area contributed by atoms with Crippen LogP contribution in [-0.2, 0) is 10.2 Å². The minimum Gasteiger partial charge on any atom is -0.496 e. The molecule has 5 nitrogen and oxygen atoms in total. The van der Waals surface area contributed by atoms with Crippen molar-refractivity contribution in [2.45, 2.75) is 26.2 Å². The maximum Gasteiger partial charge on any atom is 0.521 e. The number of hydrogen-bond acceptors (Lipinski definition) is 5. The Morgan fingerprint density at radius 1 is 0.875 bits per heavy atom. The first kappa shape index (κ1) is 17.5. The Morgan fingerprint density at radius 3 is 2.08 bits per heavy atom. The van der Waals surface area contributed by atoms with Gasteiger partial charge in [0.25, 0.3) is 0 Å². The molecule has 0 aliphatic rings. The molecule has 0 amide bonds. The zero-order chi connectivity index (χ0) is 17.7. The normalized spacial score (nSPS) is 10.8. The number of rotatable bonds is 3. The molecule has 24 heavy (non-hydrogen) atoms. The molecule has 0 unspecified atom stereocenters. The number of para-hydroxylation sites is 2. The van der Waals surface area contributed by atoms with E-state index in [4.69, 9.17) is 14.2 Å². The Labute approximate surface area is 141 Å². The molecule has 0 fully saturated rings. The van der Waals surface area contributed by atoms with Crippen LogP contribution in [0.3, 0.4) is 0 Å². The highest BCUT2D eigenvalue weighted by Gasteiger charge is 2.23. The van der Waals surface area contributed by atoms with E-state index in [0.29, 0.717) is 11.5 Å². The molecule has 0 aliphatic heterocycles. The molecule has 0 radical (unpaired) electrons. The van der Waals surface area contributed by atoms with Crippen molar-refractivity contribution in [3.05, 3.63) is 59.7 Å². The predicted octanol–water partition coefficient (Wildman–Crippen LogP) is 4.35. The first-order chi connectivity index (χ1) is 11.3. The maximum absolute atomic E-state index is 12.1. The fourth-order valence-electron chi connectivity index (χ4n) is 2.23. The van der Waals surface area contributed by atoms with E-state index in [9.17, 15) is 9.59 Å². The second kappa shape index (κ2) is 7.17. The van der Waals surface area contributed by atoms with Gasteiger partial charge in [-0.1, -0.05) is 51.1 Å². The van der Waals surface area contributed by atoms with Gasteiger partial charge in [-0.15, -0.1) is 0 Å². The highest BCUT2D eigenvalue weighted by atomic mass is 16.7. The summed E-state index contributed by atoms with van der Waals surface area (Å²) in [5.74, 6) is -0.140. The van der Waals surface area contributed by atoms with E-state index in [0.717, 1.165) is 5.56 Å². The first-order valence-electron chi connectivity index (χ1n) is 7.49. The van der Waals surface area contributed by atoms with Crippen molar-refractivity contribution in [2.24, 2.45) is 0 Å². The molecule has 2 rings (SSSR count). The lowest BCUT2D eigenvalue weighted by molar-refractivity contribution is 0.0525. The van der Waals surface area contributed by atoms with Crippen LogP contribution in [0.25, 0.3) is 0 Å². The zero-order valence-electron chi connectivity index (χ0n) is 14.2. The van der Waals surface area contributed by atoms with Gasteiger partial charge in [0.1, 0.15) is 17.1 Å². The number of benzene rings is 2. The van der Waals surface area contributed by atoms with Crippen molar-refractivity contribution in [1.29, 1.82) is 0 Å². The number of carbonyl (C=O) groups is 2. The van der Waals surface area contributed by atoms with Gasteiger partial charge in [0.05, 0.1) is 7.11 Å². The summed E-state index contributed by atoms with van der Waals surface area (Å²) in [5, 5.41) is 0. The Kier molecular flexibility index (Phi) is 5.24. The summed E-state index contributed by atoms with van der Waals surface area (Å²) in [6.45, 7) is 6.00. The van der Waals surface area contributed by atoms with Crippen molar-refractivity contribution in [3.8, 4) is 11.5 Å². The quantitative estimate of drug-likeness (QED) is 0.476. The van der Waals surface area contributed by atoms with Crippen LogP contribution >= 0.6 is 0 Å². The van der Waals surface area contributed by atoms with E-state index < -0.39 is 12.1 Å². The highest BCUT2D eigenvalue weighted by molar-refractivity contribution is 5.97. The lowest BCUT2D eigenvalue weighted by Crippen LogP contribution is -2.20. The standard InChI is InChI=1S/C19H20O5/c1-19(2,3)14-10-6-8-12-16(14)23-18(21)24-17(20)13-9-5-7-11-15(13)22-4/h5-12H,1-4H3. The van der Waals surface area contributed by atoms with Crippen LogP contribution < -0.4 is 9.47 Å². The third-order valence-electron chi connectivity index (χ3n) is 3.39. The van der Waals surface area contributed by atoms with Gasteiger partial charge in [-0.2, -0.15) is 0 Å². The molecule has 0 aliphatic carbocycles. The topological polar surface area (TPSA) is 61.8 Å². The third kappa shape index (κ3) is 4.13. The molecule has 0 saturated heterocycles. The number of carbonyl (C=O) groups excluding carboxylic acids is 2. The monoisotopic (exact) mass is 328 g/mol. The molecule has 0 bridgehead atoms. The molecule has 2 aromatic carbocycles. The summed E-state index contributed by atoms with van der Waals surface area (Å²) in [6.07, 6.45) is -1.08. The first-order valence-corrected chi connectivity index (χ1v) is 7.49. The van der Waals surface area contributed by atoms with E-state index in [1.165, 1.54) is 13.2 Å². The maximum atomic E-state index is 12.1. The lowest BCUT2D eigenvalue weighted by atomic mass is 9.86. The zero-order valence-corrected chi connectivity index (χ0v) is 14.2. The van der Waals surface area contributed by atoms with Crippen molar-refractivity contribution in [2.75, 3.05) is 7.11 Å². The number of methoxy groups -OCH3 is 1. The second-order valence-electron chi connectivity index (χ2n) is 6.19.